The predicted octanol–water partition coefficient (Wildman–Crippen LogP) is 4.20. The van der Waals surface area contributed by atoms with Crippen LogP contribution < -0.4 is 21.3 Å². The van der Waals surface area contributed by atoms with E-state index in [0.29, 0.717) is 6.42 Å². The van der Waals surface area contributed by atoms with Crippen molar-refractivity contribution in [3.63, 3.8) is 0 Å². The van der Waals surface area contributed by atoms with Crippen LogP contribution in [0.3, 0.4) is 0 Å². The van der Waals surface area contributed by atoms with Crippen LogP contribution in [0.5, 0.6) is 5.75 Å². The van der Waals surface area contributed by atoms with Crippen LogP contribution in [-0.2, 0) is 31.9 Å². The number of carbonyl (C=O) groups is 4. The summed E-state index contributed by atoms with van der Waals surface area (Å²) in [5.74, 6) is -0.963. The molecule has 0 saturated heterocycles. The minimum Gasteiger partial charge on any atom is -0.508 e. The topological polar surface area (TPSA) is 155 Å². The summed E-state index contributed by atoms with van der Waals surface area (Å²) in [5.41, 5.74) is 1.75. The molecule has 242 valence electrons. The average Bonchev–Trinajstić information content (AvgIpc) is 2.86. The number of nitrogens with one attached hydrogen (secondary N) is 4. The Morgan fingerprint density at radius 3 is 1.82 bits per heavy atom. The highest BCUT2D eigenvalue weighted by Crippen LogP contribution is 2.22. The number of amides is 4. The Morgan fingerprint density at radius 1 is 0.773 bits per heavy atom. The Labute approximate surface area is 260 Å². The molecule has 2 aromatic carbocycles. The monoisotopic (exact) mass is 612 g/mol. The van der Waals surface area contributed by atoms with Gasteiger partial charge in [0.05, 0.1) is 6.04 Å². The van der Waals surface area contributed by atoms with Crippen LogP contribution in [0.2, 0.25) is 0 Å². The van der Waals surface area contributed by atoms with Crippen molar-refractivity contribution in [3.8, 4) is 5.75 Å². The van der Waals surface area contributed by atoms with E-state index in [9.17, 15) is 24.3 Å². The molecule has 0 spiro atoms. The highest BCUT2D eigenvalue weighted by molar-refractivity contribution is 5.91. The summed E-state index contributed by atoms with van der Waals surface area (Å²) in [7, 11) is 0. The van der Waals surface area contributed by atoms with Crippen molar-refractivity contribution in [2.75, 3.05) is 6.54 Å². The fourth-order valence-electron chi connectivity index (χ4n) is 4.46. The van der Waals surface area contributed by atoms with E-state index >= 15 is 0 Å². The third-order valence-electron chi connectivity index (χ3n) is 6.42. The van der Waals surface area contributed by atoms with Gasteiger partial charge in [-0.05, 0) is 103 Å². The molecule has 4 amide bonds. The molecule has 0 aliphatic carbocycles. The molecule has 0 aliphatic heterocycles. The number of aryl methyl sites for hydroxylation is 2. The molecule has 0 aliphatic rings. The highest BCUT2D eigenvalue weighted by Gasteiger charge is 2.29. The van der Waals surface area contributed by atoms with Crippen molar-refractivity contribution in [2.45, 2.75) is 104 Å². The Balaban J connectivity index is 2.14. The van der Waals surface area contributed by atoms with E-state index in [-0.39, 0.29) is 18.7 Å². The smallest absolute Gasteiger partial charge is 0.408 e. The molecule has 11 nitrogen and oxygen atoms in total. The van der Waals surface area contributed by atoms with Gasteiger partial charge in [0.15, 0.2) is 0 Å². The molecule has 0 aromatic heterocycles. The lowest BCUT2D eigenvalue weighted by molar-refractivity contribution is -0.129. The Bertz CT molecular complexity index is 1280. The van der Waals surface area contributed by atoms with Crippen LogP contribution in [-0.4, -0.2) is 65.0 Å². The van der Waals surface area contributed by atoms with Gasteiger partial charge in [0.2, 0.25) is 11.8 Å². The number of hydrogen-bond acceptors (Lipinski definition) is 7. The molecule has 3 atom stereocenters. The number of rotatable bonds is 11. The molecule has 3 unspecified atom stereocenters. The first kappa shape index (κ1) is 35.9. The number of carbonyl (C=O) groups excluding carboxylic acids is 4. The SMILES string of the molecule is Cc1cc(O)cc(C)c1CC(NC(=O)OC(C)(C)C)C(=O)NC(C)C(=O)NCC(Cc1ccccc1)NC(=O)OC(C)(C)C. The van der Waals surface area contributed by atoms with E-state index in [2.05, 4.69) is 21.3 Å². The van der Waals surface area contributed by atoms with Gasteiger partial charge in [-0.25, -0.2) is 9.59 Å². The number of benzene rings is 2. The predicted molar refractivity (Wildman–Crippen MR) is 168 cm³/mol. The number of ether oxygens (including phenoxy) is 2. The quantitative estimate of drug-likeness (QED) is 0.255. The summed E-state index contributed by atoms with van der Waals surface area (Å²) in [4.78, 5) is 51.6. The van der Waals surface area contributed by atoms with Gasteiger partial charge < -0.3 is 35.8 Å². The summed E-state index contributed by atoms with van der Waals surface area (Å²) >= 11 is 0. The van der Waals surface area contributed by atoms with Gasteiger partial charge in [-0.1, -0.05) is 30.3 Å². The van der Waals surface area contributed by atoms with Crippen LogP contribution in [0.1, 0.15) is 70.7 Å². The van der Waals surface area contributed by atoms with Gasteiger partial charge in [-0.3, -0.25) is 9.59 Å². The van der Waals surface area contributed by atoms with E-state index in [0.717, 1.165) is 22.3 Å². The standard InChI is InChI=1S/C33H48N4O7/c1-20-15-25(38)16-21(2)26(20)18-27(37-31(42)44-33(7,8)9)29(40)35-22(3)28(39)34-19-24(17-23-13-11-10-12-14-23)36-30(41)43-32(4,5)6/h10-16,22,24,27,38H,17-19H2,1-9H3,(H,34,39)(H,35,40)(H,36,41)(H,37,42). The van der Waals surface area contributed by atoms with Crippen LogP contribution in [0.15, 0.2) is 42.5 Å². The van der Waals surface area contributed by atoms with Gasteiger partial charge in [0.1, 0.15) is 29.0 Å². The van der Waals surface area contributed by atoms with Gasteiger partial charge in [-0.2, -0.15) is 0 Å². The number of hydrogen-bond donors (Lipinski definition) is 5. The van der Waals surface area contributed by atoms with Crippen molar-refractivity contribution in [1.29, 1.82) is 0 Å². The lowest BCUT2D eigenvalue weighted by Gasteiger charge is -2.26. The number of alkyl carbamates (subject to hydrolysis) is 2. The van der Waals surface area contributed by atoms with E-state index in [1.165, 1.54) is 6.92 Å². The summed E-state index contributed by atoms with van der Waals surface area (Å²) in [5, 5.41) is 20.9. The summed E-state index contributed by atoms with van der Waals surface area (Å²) < 4.78 is 10.8. The zero-order chi connectivity index (χ0) is 33.2. The highest BCUT2D eigenvalue weighted by atomic mass is 16.6. The average molecular weight is 613 g/mol. The summed E-state index contributed by atoms with van der Waals surface area (Å²) in [6, 6.07) is 10.2. The zero-order valence-corrected chi connectivity index (χ0v) is 27.3. The minimum absolute atomic E-state index is 0.0820. The van der Waals surface area contributed by atoms with E-state index in [4.69, 9.17) is 9.47 Å². The van der Waals surface area contributed by atoms with Crippen LogP contribution in [0, 0.1) is 13.8 Å². The minimum atomic E-state index is -1.07. The molecule has 0 fully saturated rings. The molecule has 0 heterocycles. The Hall–Kier alpha value is -4.28. The van der Waals surface area contributed by atoms with Crippen molar-refractivity contribution in [1.82, 2.24) is 21.3 Å². The second-order valence-electron chi connectivity index (χ2n) is 13.0. The second-order valence-corrected chi connectivity index (χ2v) is 13.0. The largest absolute Gasteiger partial charge is 0.508 e. The third kappa shape index (κ3) is 12.9. The lowest BCUT2D eigenvalue weighted by atomic mass is 9.95. The molecular formula is C33H48N4O7. The molecule has 2 rings (SSSR count). The van der Waals surface area contributed by atoms with Gasteiger partial charge >= 0.3 is 12.2 Å². The van der Waals surface area contributed by atoms with Gasteiger partial charge in [0.25, 0.3) is 0 Å². The molecule has 0 radical (unpaired) electrons. The van der Waals surface area contributed by atoms with E-state index in [1.807, 2.05) is 30.3 Å². The number of aromatic hydroxyl groups is 1. The van der Waals surface area contributed by atoms with E-state index in [1.54, 1.807) is 67.5 Å². The van der Waals surface area contributed by atoms with Crippen molar-refractivity contribution >= 4 is 24.0 Å². The molecular weight excluding hydrogens is 564 g/mol. The van der Waals surface area contributed by atoms with Crippen molar-refractivity contribution in [2.24, 2.45) is 0 Å². The summed E-state index contributed by atoms with van der Waals surface area (Å²) in [6.07, 6.45) is -0.837. The maximum atomic E-state index is 13.4. The van der Waals surface area contributed by atoms with Crippen LogP contribution >= 0.6 is 0 Å². The first-order valence-electron chi connectivity index (χ1n) is 14.7. The Kier molecular flexibility index (Phi) is 12.6. The van der Waals surface area contributed by atoms with E-state index < -0.39 is 53.3 Å². The fraction of sp³-hybridized carbons (Fsp3) is 0.515. The van der Waals surface area contributed by atoms with Crippen molar-refractivity contribution in [3.05, 3.63) is 64.7 Å². The molecule has 0 bridgehead atoms. The lowest BCUT2D eigenvalue weighted by Crippen LogP contribution is -2.55. The maximum absolute atomic E-state index is 13.4. The van der Waals surface area contributed by atoms with Gasteiger partial charge in [0, 0.05) is 13.0 Å². The normalized spacial score (nSPS) is 13.6. The number of phenolic OH excluding ortho intramolecular Hbond substituents is 1. The second kappa shape index (κ2) is 15.4. The molecule has 2 aromatic rings. The summed E-state index contributed by atoms with van der Waals surface area (Å²) in [6.45, 7) is 15.7. The number of phenols is 1. The third-order valence-corrected chi connectivity index (χ3v) is 6.42. The van der Waals surface area contributed by atoms with Crippen LogP contribution in [0.4, 0.5) is 9.59 Å². The first-order chi connectivity index (χ1) is 20.3. The molecule has 11 heteroatoms. The van der Waals surface area contributed by atoms with Crippen molar-refractivity contribution < 1.29 is 33.8 Å². The molecule has 0 saturated carbocycles. The first-order valence-corrected chi connectivity index (χ1v) is 14.7. The molecule has 5 N–H and O–H groups in total. The zero-order valence-electron chi connectivity index (χ0n) is 27.3. The molecule has 44 heavy (non-hydrogen) atoms. The van der Waals surface area contributed by atoms with Gasteiger partial charge in [-0.15, -0.1) is 0 Å². The fourth-order valence-corrected chi connectivity index (χ4v) is 4.46. The Morgan fingerprint density at radius 2 is 1.30 bits per heavy atom. The maximum Gasteiger partial charge on any atom is 0.408 e. The van der Waals surface area contributed by atoms with Crippen LogP contribution in [0.25, 0.3) is 0 Å².